The minimum atomic E-state index is -0.678. The Hall–Kier alpha value is -3.16. The van der Waals surface area contributed by atoms with Crippen molar-refractivity contribution < 1.29 is 24.0 Å². The van der Waals surface area contributed by atoms with E-state index >= 15 is 0 Å². The van der Waals surface area contributed by atoms with Crippen LogP contribution in [0, 0.1) is 10.1 Å². The number of ether oxygens (including phenoxy) is 2. The molecule has 1 heterocycles. The van der Waals surface area contributed by atoms with Crippen molar-refractivity contribution in [2.24, 2.45) is 0 Å². The monoisotopic (exact) mass is 374 g/mol. The fourth-order valence-electron chi connectivity index (χ4n) is 2.96. The number of hydrogen-bond acceptors (Lipinski definition) is 7. The molecule has 1 N–H and O–H groups in total. The van der Waals surface area contributed by atoms with E-state index in [1.165, 1.54) is 12.1 Å². The summed E-state index contributed by atoms with van der Waals surface area (Å²) in [6, 6.07) is 6.00. The van der Waals surface area contributed by atoms with Gasteiger partial charge in [0.2, 0.25) is 0 Å². The standard InChI is InChI=1S/C19H22N2O6/c1-5-26-18(22)16-15(13-8-7-9-14(10-13)21(24)25)11(3)12(4)20-17(16)19(23)27-6-2/h7-10,15,20H,5-6H2,1-4H3/t15-/m1/s1. The second kappa shape index (κ2) is 8.48. The number of nitrogens with one attached hydrogen (secondary N) is 1. The minimum Gasteiger partial charge on any atom is -0.463 e. The Bertz CT molecular complexity index is 840. The fourth-order valence-corrected chi connectivity index (χ4v) is 2.96. The molecule has 2 rings (SSSR count). The van der Waals surface area contributed by atoms with Crippen molar-refractivity contribution in [2.45, 2.75) is 33.6 Å². The van der Waals surface area contributed by atoms with E-state index in [0.29, 0.717) is 11.3 Å². The van der Waals surface area contributed by atoms with Gasteiger partial charge in [-0.1, -0.05) is 12.1 Å². The number of nitrogens with zero attached hydrogens (tertiary/aromatic N) is 1. The van der Waals surface area contributed by atoms with Crippen LogP contribution in [0.3, 0.4) is 0 Å². The average molecular weight is 374 g/mol. The van der Waals surface area contributed by atoms with Gasteiger partial charge in [-0.15, -0.1) is 0 Å². The van der Waals surface area contributed by atoms with Gasteiger partial charge in [0.05, 0.1) is 23.7 Å². The third-order valence-electron chi connectivity index (χ3n) is 4.28. The van der Waals surface area contributed by atoms with E-state index in [4.69, 9.17) is 9.47 Å². The number of dihydropyridines is 1. The number of hydrogen-bond donors (Lipinski definition) is 1. The second-order valence-corrected chi connectivity index (χ2v) is 5.95. The highest BCUT2D eigenvalue weighted by molar-refractivity contribution is 6.02. The van der Waals surface area contributed by atoms with E-state index in [9.17, 15) is 19.7 Å². The van der Waals surface area contributed by atoms with Crippen molar-refractivity contribution in [3.05, 3.63) is 62.5 Å². The predicted molar refractivity (Wildman–Crippen MR) is 97.6 cm³/mol. The molecule has 8 heteroatoms. The molecule has 27 heavy (non-hydrogen) atoms. The lowest BCUT2D eigenvalue weighted by molar-refractivity contribution is -0.384. The maximum atomic E-state index is 12.7. The highest BCUT2D eigenvalue weighted by atomic mass is 16.6. The van der Waals surface area contributed by atoms with E-state index in [0.717, 1.165) is 5.57 Å². The van der Waals surface area contributed by atoms with Crippen molar-refractivity contribution in [2.75, 3.05) is 13.2 Å². The highest BCUT2D eigenvalue weighted by Crippen LogP contribution is 2.39. The molecule has 0 bridgehead atoms. The summed E-state index contributed by atoms with van der Waals surface area (Å²) in [4.78, 5) is 35.8. The summed E-state index contributed by atoms with van der Waals surface area (Å²) in [6.07, 6.45) is 0. The summed E-state index contributed by atoms with van der Waals surface area (Å²) in [6.45, 7) is 7.16. The summed E-state index contributed by atoms with van der Waals surface area (Å²) in [7, 11) is 0. The van der Waals surface area contributed by atoms with E-state index in [-0.39, 0.29) is 30.2 Å². The van der Waals surface area contributed by atoms with Gasteiger partial charge in [0.1, 0.15) is 5.70 Å². The topological polar surface area (TPSA) is 108 Å². The van der Waals surface area contributed by atoms with Gasteiger partial charge >= 0.3 is 11.9 Å². The molecule has 0 saturated heterocycles. The van der Waals surface area contributed by atoms with Crippen molar-refractivity contribution in [1.82, 2.24) is 5.32 Å². The van der Waals surface area contributed by atoms with Gasteiger partial charge in [0, 0.05) is 23.7 Å². The number of carbonyl (C=O) groups is 2. The molecule has 1 aromatic carbocycles. The van der Waals surface area contributed by atoms with Crippen LogP contribution in [-0.4, -0.2) is 30.1 Å². The maximum absolute atomic E-state index is 12.7. The summed E-state index contributed by atoms with van der Waals surface area (Å²) in [5.74, 6) is -2.01. The van der Waals surface area contributed by atoms with Crippen molar-refractivity contribution in [1.29, 1.82) is 0 Å². The van der Waals surface area contributed by atoms with Gasteiger partial charge in [-0.3, -0.25) is 10.1 Å². The summed E-state index contributed by atoms with van der Waals surface area (Å²) < 4.78 is 10.2. The van der Waals surface area contributed by atoms with Crippen LogP contribution in [0.5, 0.6) is 0 Å². The Labute approximate surface area is 157 Å². The van der Waals surface area contributed by atoms with Gasteiger partial charge in [0.15, 0.2) is 0 Å². The molecular formula is C19H22N2O6. The lowest BCUT2D eigenvalue weighted by atomic mass is 9.81. The maximum Gasteiger partial charge on any atom is 0.355 e. The van der Waals surface area contributed by atoms with E-state index in [1.807, 2.05) is 0 Å². The second-order valence-electron chi connectivity index (χ2n) is 5.95. The number of esters is 2. The third-order valence-corrected chi connectivity index (χ3v) is 4.28. The molecule has 0 fully saturated rings. The SMILES string of the molecule is CCOC(=O)C1=C(C(=O)OCC)[C@@H](c2cccc([N+](=O)[O-])c2)C(C)=C(C)N1. The van der Waals surface area contributed by atoms with Crippen LogP contribution in [0.2, 0.25) is 0 Å². The number of benzene rings is 1. The lowest BCUT2D eigenvalue weighted by Crippen LogP contribution is -2.33. The van der Waals surface area contributed by atoms with Gasteiger partial charge in [0.25, 0.3) is 5.69 Å². The van der Waals surface area contributed by atoms with Gasteiger partial charge < -0.3 is 14.8 Å². The molecule has 0 amide bonds. The first-order chi connectivity index (χ1) is 12.8. The molecule has 0 aliphatic carbocycles. The normalized spacial score (nSPS) is 16.7. The smallest absolute Gasteiger partial charge is 0.355 e. The summed E-state index contributed by atoms with van der Waals surface area (Å²) in [5, 5.41) is 14.1. The van der Waals surface area contributed by atoms with E-state index in [1.54, 1.807) is 39.8 Å². The number of carbonyl (C=O) groups excluding carboxylic acids is 2. The number of allylic oxidation sites excluding steroid dienone is 2. The quantitative estimate of drug-likeness (QED) is 0.463. The van der Waals surface area contributed by atoms with Gasteiger partial charge in [-0.25, -0.2) is 9.59 Å². The van der Waals surface area contributed by atoms with Crippen LogP contribution < -0.4 is 5.32 Å². The average Bonchev–Trinajstić information content (AvgIpc) is 2.63. The molecule has 1 aliphatic rings. The number of nitro groups is 1. The van der Waals surface area contributed by atoms with Crippen LogP contribution in [0.4, 0.5) is 5.69 Å². The molecule has 144 valence electrons. The Balaban J connectivity index is 2.69. The number of non-ortho nitro benzene ring substituents is 1. The molecule has 0 aromatic heterocycles. The van der Waals surface area contributed by atoms with Gasteiger partial charge in [-0.05, 0) is 38.8 Å². The van der Waals surface area contributed by atoms with Crippen LogP contribution in [0.15, 0.2) is 46.8 Å². The van der Waals surface area contributed by atoms with E-state index in [2.05, 4.69) is 5.32 Å². The largest absolute Gasteiger partial charge is 0.463 e. The molecule has 0 saturated carbocycles. The Morgan fingerprint density at radius 2 is 1.78 bits per heavy atom. The van der Waals surface area contributed by atoms with Crippen LogP contribution >= 0.6 is 0 Å². The zero-order valence-electron chi connectivity index (χ0n) is 15.7. The Morgan fingerprint density at radius 3 is 2.37 bits per heavy atom. The Morgan fingerprint density at radius 1 is 1.15 bits per heavy atom. The molecular weight excluding hydrogens is 352 g/mol. The van der Waals surface area contributed by atoms with Crippen molar-refractivity contribution in [3.63, 3.8) is 0 Å². The first-order valence-electron chi connectivity index (χ1n) is 8.58. The van der Waals surface area contributed by atoms with Crippen molar-refractivity contribution in [3.8, 4) is 0 Å². The van der Waals surface area contributed by atoms with Crippen LogP contribution in [0.1, 0.15) is 39.2 Å². The Kier molecular flexibility index (Phi) is 6.33. The van der Waals surface area contributed by atoms with Crippen molar-refractivity contribution >= 4 is 17.6 Å². The molecule has 0 unspecified atom stereocenters. The zero-order chi connectivity index (χ0) is 20.1. The lowest BCUT2D eigenvalue weighted by Gasteiger charge is -2.30. The molecule has 1 aromatic rings. The fraction of sp³-hybridized carbons (Fsp3) is 0.368. The number of nitro benzene ring substituents is 1. The minimum absolute atomic E-state index is 0.00472. The molecule has 1 atom stereocenters. The molecule has 0 radical (unpaired) electrons. The zero-order valence-corrected chi connectivity index (χ0v) is 15.7. The summed E-state index contributed by atoms with van der Waals surface area (Å²) in [5.41, 5.74) is 1.92. The van der Waals surface area contributed by atoms with Crippen LogP contribution in [0.25, 0.3) is 0 Å². The van der Waals surface area contributed by atoms with Crippen LogP contribution in [-0.2, 0) is 19.1 Å². The number of rotatable bonds is 6. The van der Waals surface area contributed by atoms with Gasteiger partial charge in [-0.2, -0.15) is 0 Å². The predicted octanol–water partition coefficient (Wildman–Crippen LogP) is 2.96. The molecule has 0 spiro atoms. The third kappa shape index (κ3) is 4.16. The summed E-state index contributed by atoms with van der Waals surface area (Å²) >= 11 is 0. The first kappa shape index (κ1) is 20.2. The van der Waals surface area contributed by atoms with E-state index < -0.39 is 22.8 Å². The first-order valence-corrected chi connectivity index (χ1v) is 8.58. The highest BCUT2D eigenvalue weighted by Gasteiger charge is 2.37. The molecule has 1 aliphatic heterocycles. The molecule has 8 nitrogen and oxygen atoms in total.